The van der Waals surface area contributed by atoms with E-state index in [-0.39, 0.29) is 36.5 Å². The van der Waals surface area contributed by atoms with E-state index in [0.29, 0.717) is 50.4 Å². The van der Waals surface area contributed by atoms with E-state index < -0.39 is 18.0 Å². The maximum atomic E-state index is 13.5. The number of amides is 4. The molecule has 1 aromatic carbocycles. The molecule has 0 unspecified atom stereocenters. The molecule has 0 radical (unpaired) electrons. The summed E-state index contributed by atoms with van der Waals surface area (Å²) in [6.07, 6.45) is 2.01. The van der Waals surface area contributed by atoms with E-state index in [1.807, 2.05) is 20.9 Å². The van der Waals surface area contributed by atoms with Crippen molar-refractivity contribution in [3.05, 3.63) is 29.8 Å². The Morgan fingerprint density at radius 1 is 1.05 bits per heavy atom. The third-order valence-corrected chi connectivity index (χ3v) is 6.66. The lowest BCUT2D eigenvalue weighted by atomic mass is 10.0. The highest BCUT2D eigenvalue weighted by molar-refractivity contribution is 5.99. The Labute approximate surface area is 219 Å². The Hall–Kier alpha value is -3.14. The summed E-state index contributed by atoms with van der Waals surface area (Å²) in [6.45, 7) is 7.47. The molecule has 2 atom stereocenters. The molecular weight excluding hydrogens is 474 g/mol. The smallest absolute Gasteiger partial charge is 0.255 e. The van der Waals surface area contributed by atoms with Gasteiger partial charge in [0, 0.05) is 32.6 Å². The fraction of sp³-hybridized carbons (Fsp3) is 0.630. The van der Waals surface area contributed by atoms with Gasteiger partial charge in [-0.3, -0.25) is 19.2 Å². The number of hydrogen-bond donors (Lipinski definition) is 3. The summed E-state index contributed by atoms with van der Waals surface area (Å²) < 4.78 is 5.86. The van der Waals surface area contributed by atoms with E-state index >= 15 is 0 Å². The highest BCUT2D eigenvalue weighted by Crippen LogP contribution is 2.19. The normalized spacial score (nSPS) is 23.2. The molecule has 1 fully saturated rings. The number of carbonyl (C=O) groups excluding carboxylic acids is 4. The Bertz CT molecular complexity index is 953. The molecule has 0 bridgehead atoms. The molecule has 4 amide bonds. The lowest BCUT2D eigenvalue weighted by Crippen LogP contribution is -2.51. The molecule has 0 aliphatic carbocycles. The Balaban J connectivity index is 1.83. The van der Waals surface area contributed by atoms with E-state index in [2.05, 4.69) is 20.9 Å². The summed E-state index contributed by atoms with van der Waals surface area (Å²) >= 11 is 0. The number of ether oxygens (including phenoxy) is 1. The third kappa shape index (κ3) is 8.73. The van der Waals surface area contributed by atoms with Crippen molar-refractivity contribution in [2.45, 2.75) is 58.0 Å². The zero-order valence-electron chi connectivity index (χ0n) is 22.3. The van der Waals surface area contributed by atoms with Crippen LogP contribution >= 0.6 is 0 Å². The van der Waals surface area contributed by atoms with Crippen molar-refractivity contribution in [3.8, 4) is 5.75 Å². The Morgan fingerprint density at radius 3 is 2.62 bits per heavy atom. The van der Waals surface area contributed by atoms with Gasteiger partial charge >= 0.3 is 0 Å². The molecule has 1 aromatic rings. The number of nitrogens with zero attached hydrogens (tertiary/aromatic N) is 2. The van der Waals surface area contributed by atoms with Crippen LogP contribution in [0, 0.1) is 5.92 Å². The van der Waals surface area contributed by atoms with Crippen LogP contribution in [0.3, 0.4) is 0 Å². The number of benzene rings is 1. The standard InChI is InChI=1S/C27H41N5O5/c1-19(2)18-22-26(35)28-12-6-17-37-23-9-5-4-8-20(23)25(34)30-21(10-11-24(33)29-22)27(36)32-14-7-13-31(3)15-16-32/h4-5,8-9,19,21-22H,6-7,10-18H2,1-3H3,(H,28,35)(H,29,33)(H,30,34)/t21-,22+/m0/s1. The quantitative estimate of drug-likeness (QED) is 0.556. The van der Waals surface area contributed by atoms with Gasteiger partial charge in [-0.05, 0) is 57.3 Å². The molecule has 37 heavy (non-hydrogen) atoms. The van der Waals surface area contributed by atoms with Gasteiger partial charge in [0.05, 0.1) is 12.2 Å². The first-order valence-corrected chi connectivity index (χ1v) is 13.3. The van der Waals surface area contributed by atoms with Gasteiger partial charge in [-0.15, -0.1) is 0 Å². The topological polar surface area (TPSA) is 120 Å². The lowest BCUT2D eigenvalue weighted by molar-refractivity contribution is -0.134. The molecule has 0 saturated carbocycles. The Kier molecular flexibility index (Phi) is 10.7. The lowest BCUT2D eigenvalue weighted by Gasteiger charge is -2.27. The second-order valence-corrected chi connectivity index (χ2v) is 10.3. The third-order valence-electron chi connectivity index (χ3n) is 6.66. The minimum atomic E-state index is -0.875. The van der Waals surface area contributed by atoms with Crippen LogP contribution in [-0.2, 0) is 14.4 Å². The van der Waals surface area contributed by atoms with Gasteiger partial charge in [0.15, 0.2) is 0 Å². The minimum absolute atomic E-state index is 0.00442. The van der Waals surface area contributed by atoms with Crippen LogP contribution in [0.1, 0.15) is 56.3 Å². The van der Waals surface area contributed by atoms with Crippen LogP contribution in [0.4, 0.5) is 0 Å². The van der Waals surface area contributed by atoms with E-state index in [4.69, 9.17) is 4.74 Å². The first-order valence-electron chi connectivity index (χ1n) is 13.3. The predicted octanol–water partition coefficient (Wildman–Crippen LogP) is 1.16. The molecular formula is C27H41N5O5. The van der Waals surface area contributed by atoms with Crippen molar-refractivity contribution in [2.75, 3.05) is 46.4 Å². The largest absolute Gasteiger partial charge is 0.493 e. The van der Waals surface area contributed by atoms with Crippen LogP contribution < -0.4 is 20.7 Å². The molecule has 2 aliphatic heterocycles. The number of fused-ring (bicyclic) bond motifs is 1. The molecule has 2 aliphatic rings. The van der Waals surface area contributed by atoms with Crippen molar-refractivity contribution < 1.29 is 23.9 Å². The fourth-order valence-electron chi connectivity index (χ4n) is 4.59. The van der Waals surface area contributed by atoms with Crippen molar-refractivity contribution in [1.29, 1.82) is 0 Å². The molecule has 3 N–H and O–H groups in total. The van der Waals surface area contributed by atoms with Gasteiger partial charge in [0.1, 0.15) is 17.8 Å². The van der Waals surface area contributed by atoms with E-state index in [9.17, 15) is 19.2 Å². The zero-order chi connectivity index (χ0) is 26.8. The van der Waals surface area contributed by atoms with Gasteiger partial charge in [0.25, 0.3) is 5.91 Å². The number of nitrogens with one attached hydrogen (secondary N) is 3. The Morgan fingerprint density at radius 2 is 1.84 bits per heavy atom. The van der Waals surface area contributed by atoms with Crippen LogP contribution in [0.2, 0.25) is 0 Å². The summed E-state index contributed by atoms with van der Waals surface area (Å²) in [6, 6.07) is 5.35. The van der Waals surface area contributed by atoms with Crippen LogP contribution in [-0.4, -0.2) is 91.9 Å². The summed E-state index contributed by atoms with van der Waals surface area (Å²) in [7, 11) is 2.02. The van der Waals surface area contributed by atoms with Crippen molar-refractivity contribution >= 4 is 23.6 Å². The second kappa shape index (κ2) is 14.0. The molecule has 0 spiro atoms. The maximum absolute atomic E-state index is 13.5. The van der Waals surface area contributed by atoms with Gasteiger partial charge in [0.2, 0.25) is 17.7 Å². The summed E-state index contributed by atoms with van der Waals surface area (Å²) in [5, 5.41) is 8.58. The molecule has 1 saturated heterocycles. The molecule has 204 valence electrons. The van der Waals surface area contributed by atoms with Crippen molar-refractivity contribution in [1.82, 2.24) is 25.8 Å². The number of carbonyl (C=O) groups is 4. The van der Waals surface area contributed by atoms with Crippen LogP contribution in [0.5, 0.6) is 5.75 Å². The molecule has 10 heteroatoms. The van der Waals surface area contributed by atoms with E-state index in [1.54, 1.807) is 29.2 Å². The predicted molar refractivity (Wildman–Crippen MR) is 140 cm³/mol. The molecule has 0 aromatic heterocycles. The maximum Gasteiger partial charge on any atom is 0.255 e. The summed E-state index contributed by atoms with van der Waals surface area (Å²) in [4.78, 5) is 56.4. The SMILES string of the molecule is CC(C)C[C@H]1NC(=O)CC[C@@H](C(=O)N2CCCN(C)CC2)NC(=O)c2ccccc2OCCCNC1=O. The summed E-state index contributed by atoms with van der Waals surface area (Å²) in [5.74, 6) is -0.553. The van der Waals surface area contributed by atoms with Gasteiger partial charge < -0.3 is 30.5 Å². The number of rotatable bonds is 3. The van der Waals surface area contributed by atoms with Crippen LogP contribution in [0.25, 0.3) is 0 Å². The van der Waals surface area contributed by atoms with E-state index in [0.717, 1.165) is 19.5 Å². The molecule has 2 heterocycles. The molecule has 3 rings (SSSR count). The highest BCUT2D eigenvalue weighted by Gasteiger charge is 2.30. The van der Waals surface area contributed by atoms with Crippen molar-refractivity contribution in [2.24, 2.45) is 5.92 Å². The van der Waals surface area contributed by atoms with E-state index in [1.165, 1.54) is 0 Å². The van der Waals surface area contributed by atoms with Crippen molar-refractivity contribution in [3.63, 3.8) is 0 Å². The molecule has 10 nitrogen and oxygen atoms in total. The second-order valence-electron chi connectivity index (χ2n) is 10.3. The average molecular weight is 516 g/mol. The zero-order valence-corrected chi connectivity index (χ0v) is 22.3. The first kappa shape index (κ1) is 28.4. The minimum Gasteiger partial charge on any atom is -0.493 e. The first-order chi connectivity index (χ1) is 17.7. The fourth-order valence-corrected chi connectivity index (χ4v) is 4.59. The number of para-hydroxylation sites is 1. The number of hydrogen-bond acceptors (Lipinski definition) is 6. The van der Waals surface area contributed by atoms with Crippen LogP contribution in [0.15, 0.2) is 24.3 Å². The van der Waals surface area contributed by atoms with Gasteiger partial charge in [-0.2, -0.15) is 0 Å². The highest BCUT2D eigenvalue weighted by atomic mass is 16.5. The van der Waals surface area contributed by atoms with Gasteiger partial charge in [-0.1, -0.05) is 26.0 Å². The summed E-state index contributed by atoms with van der Waals surface area (Å²) in [5.41, 5.74) is 0.327. The van der Waals surface area contributed by atoms with Gasteiger partial charge in [-0.25, -0.2) is 0 Å². The average Bonchev–Trinajstić information content (AvgIpc) is 3.09. The number of likely N-dealkylation sites (N-methyl/N-ethyl adjacent to an activating group) is 1. The monoisotopic (exact) mass is 515 g/mol.